The van der Waals surface area contributed by atoms with Crippen LogP contribution in [-0.4, -0.2) is 16.0 Å². The number of hydrogen-bond donors (Lipinski definition) is 2. The van der Waals surface area contributed by atoms with Gasteiger partial charge in [-0.3, -0.25) is 4.79 Å². The van der Waals surface area contributed by atoms with Crippen LogP contribution in [0.15, 0.2) is 42.2 Å². The van der Waals surface area contributed by atoms with Gasteiger partial charge in [-0.15, -0.1) is 0 Å². The van der Waals surface area contributed by atoms with Gasteiger partial charge in [0.05, 0.1) is 0 Å². The minimum atomic E-state index is -0.578. The van der Waals surface area contributed by atoms with Gasteiger partial charge in [0.1, 0.15) is 0 Å². The van der Waals surface area contributed by atoms with E-state index in [9.17, 15) is 15.0 Å². The molecular formula is C13H8O3. The number of rotatable bonds is 0. The van der Waals surface area contributed by atoms with Crippen molar-refractivity contribution >= 4 is 22.3 Å². The quantitative estimate of drug-likeness (QED) is 0.705. The molecule has 3 heteroatoms. The Labute approximate surface area is 91.3 Å². The Balaban J connectivity index is 2.57. The summed E-state index contributed by atoms with van der Waals surface area (Å²) in [7, 11) is 0. The fourth-order valence-electron chi connectivity index (χ4n) is 2.09. The van der Waals surface area contributed by atoms with E-state index in [4.69, 9.17) is 0 Å². The minimum Gasteiger partial charge on any atom is -0.504 e. The number of carbonyl (C=O) groups is 1. The number of ketones is 1. The monoisotopic (exact) mass is 212 g/mol. The van der Waals surface area contributed by atoms with Crippen molar-refractivity contribution in [3.05, 3.63) is 53.3 Å². The van der Waals surface area contributed by atoms with Crippen molar-refractivity contribution in [3.8, 4) is 0 Å². The van der Waals surface area contributed by atoms with E-state index in [2.05, 4.69) is 0 Å². The van der Waals surface area contributed by atoms with Crippen LogP contribution in [0.4, 0.5) is 0 Å². The summed E-state index contributed by atoms with van der Waals surface area (Å²) in [4.78, 5) is 11.7. The zero-order valence-electron chi connectivity index (χ0n) is 8.27. The Bertz CT molecular complexity index is 648. The van der Waals surface area contributed by atoms with Gasteiger partial charge in [-0.1, -0.05) is 36.4 Å². The van der Waals surface area contributed by atoms with Crippen molar-refractivity contribution in [3.63, 3.8) is 0 Å². The molecule has 2 N–H and O–H groups in total. The topological polar surface area (TPSA) is 57.5 Å². The first-order valence-electron chi connectivity index (χ1n) is 4.89. The summed E-state index contributed by atoms with van der Waals surface area (Å²) in [5.74, 6) is -1.44. The van der Waals surface area contributed by atoms with Crippen molar-refractivity contribution in [2.75, 3.05) is 0 Å². The van der Waals surface area contributed by atoms with Crippen molar-refractivity contribution in [2.45, 2.75) is 0 Å². The highest BCUT2D eigenvalue weighted by molar-refractivity contribution is 6.22. The van der Waals surface area contributed by atoms with E-state index in [0.717, 1.165) is 5.39 Å². The minimum absolute atomic E-state index is 0.339. The van der Waals surface area contributed by atoms with Crippen molar-refractivity contribution < 1.29 is 15.0 Å². The van der Waals surface area contributed by atoms with E-state index in [1.54, 1.807) is 24.3 Å². The van der Waals surface area contributed by atoms with Gasteiger partial charge in [0.25, 0.3) is 0 Å². The van der Waals surface area contributed by atoms with Crippen molar-refractivity contribution in [1.82, 2.24) is 0 Å². The normalized spacial score (nSPS) is 14.6. The van der Waals surface area contributed by atoms with Gasteiger partial charge in [-0.2, -0.15) is 0 Å². The zero-order chi connectivity index (χ0) is 11.3. The molecule has 0 saturated carbocycles. The summed E-state index contributed by atoms with van der Waals surface area (Å²) in [6.07, 6.45) is 0. The van der Waals surface area contributed by atoms with Crippen LogP contribution in [0.3, 0.4) is 0 Å². The fourth-order valence-corrected chi connectivity index (χ4v) is 2.09. The first-order valence-corrected chi connectivity index (χ1v) is 4.89. The van der Waals surface area contributed by atoms with Gasteiger partial charge < -0.3 is 10.2 Å². The Morgan fingerprint density at radius 3 is 2.12 bits per heavy atom. The third-order valence-corrected chi connectivity index (χ3v) is 2.84. The van der Waals surface area contributed by atoms with Crippen LogP contribution in [0.5, 0.6) is 0 Å². The molecule has 0 aliphatic heterocycles. The lowest BCUT2D eigenvalue weighted by atomic mass is 9.90. The zero-order valence-corrected chi connectivity index (χ0v) is 8.27. The first kappa shape index (κ1) is 8.97. The average molecular weight is 212 g/mol. The maximum absolute atomic E-state index is 11.7. The molecule has 1 aliphatic rings. The second-order valence-corrected chi connectivity index (χ2v) is 3.74. The summed E-state index contributed by atoms with van der Waals surface area (Å²) < 4.78 is 0. The van der Waals surface area contributed by atoms with Crippen molar-refractivity contribution in [2.24, 2.45) is 0 Å². The molecule has 3 rings (SSSR count). The average Bonchev–Trinajstić information content (AvgIpc) is 2.33. The number of Topliss-reactive ketones (excluding diaryl/α,β-unsaturated/α-hetero) is 1. The standard InChI is InChI=1S/C13H8O3/c14-11-8-5-1-3-7-4-2-6-9(10(7)8)12(15)13(11)16/h1-6,14,16H. The van der Waals surface area contributed by atoms with Gasteiger partial charge in [0.15, 0.2) is 5.76 Å². The lowest BCUT2D eigenvalue weighted by Crippen LogP contribution is -2.12. The van der Waals surface area contributed by atoms with Gasteiger partial charge in [0, 0.05) is 16.5 Å². The molecule has 0 heterocycles. The maximum atomic E-state index is 11.7. The molecule has 1 aliphatic carbocycles. The molecule has 2 aromatic carbocycles. The molecule has 16 heavy (non-hydrogen) atoms. The molecule has 78 valence electrons. The van der Waals surface area contributed by atoms with E-state index >= 15 is 0 Å². The van der Waals surface area contributed by atoms with Crippen LogP contribution in [0.2, 0.25) is 0 Å². The first-order chi connectivity index (χ1) is 7.70. The van der Waals surface area contributed by atoms with Gasteiger partial charge in [-0.05, 0) is 5.39 Å². The van der Waals surface area contributed by atoms with Gasteiger partial charge >= 0.3 is 0 Å². The Morgan fingerprint density at radius 2 is 1.44 bits per heavy atom. The fraction of sp³-hybridized carbons (Fsp3) is 0. The van der Waals surface area contributed by atoms with E-state index in [0.29, 0.717) is 16.5 Å². The molecular weight excluding hydrogens is 204 g/mol. The highest BCUT2D eigenvalue weighted by Crippen LogP contribution is 2.33. The van der Waals surface area contributed by atoms with Crippen LogP contribution < -0.4 is 0 Å². The summed E-state index contributed by atoms with van der Waals surface area (Å²) in [6.45, 7) is 0. The molecule has 0 aromatic heterocycles. The second kappa shape index (κ2) is 2.85. The molecule has 2 aromatic rings. The molecule has 0 spiro atoms. The molecule has 0 radical (unpaired) electrons. The predicted octanol–water partition coefficient (Wildman–Crippen LogP) is 2.82. The van der Waals surface area contributed by atoms with E-state index in [1.165, 1.54) is 0 Å². The lowest BCUT2D eigenvalue weighted by molar-refractivity contribution is 0.0975. The van der Waals surface area contributed by atoms with E-state index in [1.807, 2.05) is 12.1 Å². The molecule has 0 saturated heterocycles. The van der Waals surface area contributed by atoms with Crippen molar-refractivity contribution in [1.29, 1.82) is 0 Å². The Hall–Kier alpha value is -2.29. The smallest absolute Gasteiger partial charge is 0.231 e. The molecule has 0 fully saturated rings. The largest absolute Gasteiger partial charge is 0.504 e. The predicted molar refractivity (Wildman–Crippen MR) is 60.5 cm³/mol. The summed E-state index contributed by atoms with van der Waals surface area (Å²) in [6, 6.07) is 10.6. The van der Waals surface area contributed by atoms with E-state index in [-0.39, 0.29) is 5.76 Å². The maximum Gasteiger partial charge on any atom is 0.231 e. The highest BCUT2D eigenvalue weighted by Gasteiger charge is 2.26. The number of allylic oxidation sites excluding steroid dienone is 1. The summed E-state index contributed by atoms with van der Waals surface area (Å²) in [5, 5.41) is 20.8. The molecule has 0 amide bonds. The third-order valence-electron chi connectivity index (χ3n) is 2.84. The van der Waals surface area contributed by atoms with Crippen LogP contribution in [-0.2, 0) is 0 Å². The van der Waals surface area contributed by atoms with Crippen LogP contribution in [0.25, 0.3) is 16.5 Å². The van der Waals surface area contributed by atoms with Gasteiger partial charge in [-0.25, -0.2) is 0 Å². The molecule has 0 unspecified atom stereocenters. The Kier molecular flexibility index (Phi) is 1.60. The molecule has 0 bridgehead atoms. The SMILES string of the molecule is O=C1C(O)=C(O)c2cccc3cccc1c23. The molecule has 3 nitrogen and oxygen atoms in total. The number of carbonyl (C=O) groups excluding carboxylic acids is 1. The summed E-state index contributed by atoms with van der Waals surface area (Å²) >= 11 is 0. The van der Waals surface area contributed by atoms with Crippen LogP contribution >= 0.6 is 0 Å². The highest BCUT2D eigenvalue weighted by atomic mass is 16.3. The van der Waals surface area contributed by atoms with E-state index < -0.39 is 11.5 Å². The number of aliphatic hydroxyl groups is 2. The van der Waals surface area contributed by atoms with Crippen LogP contribution in [0.1, 0.15) is 15.9 Å². The second-order valence-electron chi connectivity index (χ2n) is 3.74. The number of aliphatic hydroxyl groups excluding tert-OH is 2. The lowest BCUT2D eigenvalue weighted by Gasteiger charge is -2.16. The van der Waals surface area contributed by atoms with Gasteiger partial charge in [0.2, 0.25) is 11.5 Å². The third kappa shape index (κ3) is 0.945. The Morgan fingerprint density at radius 1 is 0.812 bits per heavy atom. The van der Waals surface area contributed by atoms with Crippen LogP contribution in [0, 0.1) is 0 Å². The molecule has 0 atom stereocenters. The number of benzene rings is 2. The number of hydrogen-bond acceptors (Lipinski definition) is 3. The summed E-state index contributed by atoms with van der Waals surface area (Å²) in [5.41, 5.74) is 0.939.